The number of hydrogen-bond acceptors (Lipinski definition) is 5. The zero-order chi connectivity index (χ0) is 13.7. The Morgan fingerprint density at radius 2 is 2.26 bits per heavy atom. The van der Waals surface area contributed by atoms with Crippen molar-refractivity contribution in [1.29, 1.82) is 0 Å². The molecule has 0 atom stereocenters. The average Bonchev–Trinajstić information content (AvgIpc) is 2.84. The van der Waals surface area contributed by atoms with Gasteiger partial charge in [-0.1, -0.05) is 12.1 Å². The van der Waals surface area contributed by atoms with Crippen molar-refractivity contribution in [2.45, 2.75) is 6.54 Å². The van der Waals surface area contributed by atoms with Crippen molar-refractivity contribution < 1.29 is 9.66 Å². The highest BCUT2D eigenvalue weighted by atomic mass is 16.6. The Morgan fingerprint density at radius 3 is 3.00 bits per heavy atom. The third-order valence-electron chi connectivity index (χ3n) is 2.54. The minimum absolute atomic E-state index is 0.0344. The second kappa shape index (κ2) is 5.96. The summed E-state index contributed by atoms with van der Waals surface area (Å²) >= 11 is 0. The van der Waals surface area contributed by atoms with E-state index in [1.165, 1.54) is 6.07 Å². The third kappa shape index (κ3) is 3.29. The van der Waals surface area contributed by atoms with E-state index in [0.717, 1.165) is 0 Å². The molecule has 0 aliphatic heterocycles. The van der Waals surface area contributed by atoms with Crippen molar-refractivity contribution in [3.63, 3.8) is 0 Å². The van der Waals surface area contributed by atoms with Crippen molar-refractivity contribution in [3.05, 3.63) is 46.8 Å². The summed E-state index contributed by atoms with van der Waals surface area (Å²) in [6.45, 7) is 1.20. The smallest absolute Gasteiger partial charge is 0.292 e. The van der Waals surface area contributed by atoms with Gasteiger partial charge in [0, 0.05) is 19.4 Å². The highest BCUT2D eigenvalue weighted by Crippen LogP contribution is 2.26. The molecule has 0 aliphatic carbocycles. The monoisotopic (exact) mass is 262 g/mol. The first-order valence-electron chi connectivity index (χ1n) is 5.72. The summed E-state index contributed by atoms with van der Waals surface area (Å²) in [4.78, 5) is 10.5. The summed E-state index contributed by atoms with van der Waals surface area (Å²) in [5, 5.41) is 18.0. The van der Waals surface area contributed by atoms with Crippen molar-refractivity contribution in [3.8, 4) is 0 Å². The van der Waals surface area contributed by atoms with Crippen LogP contribution in [0.25, 0.3) is 0 Å². The van der Waals surface area contributed by atoms with Crippen molar-refractivity contribution in [2.24, 2.45) is 0 Å². The molecule has 1 heterocycles. The molecular formula is C12H14N4O3. The van der Waals surface area contributed by atoms with E-state index < -0.39 is 4.92 Å². The van der Waals surface area contributed by atoms with E-state index in [-0.39, 0.29) is 5.69 Å². The number of rotatable bonds is 6. The molecule has 1 N–H and O–H groups in total. The molecule has 0 bridgehead atoms. The van der Waals surface area contributed by atoms with Gasteiger partial charge in [0.15, 0.2) is 0 Å². The van der Waals surface area contributed by atoms with E-state index in [1.54, 1.807) is 42.4 Å². The lowest BCUT2D eigenvalue weighted by Crippen LogP contribution is -2.04. The van der Waals surface area contributed by atoms with Crippen molar-refractivity contribution >= 4 is 17.1 Å². The van der Waals surface area contributed by atoms with Gasteiger partial charge in [0.25, 0.3) is 5.69 Å². The number of nitrogens with one attached hydrogen (secondary N) is 1. The fourth-order valence-corrected chi connectivity index (χ4v) is 1.63. The van der Waals surface area contributed by atoms with Gasteiger partial charge in [0.05, 0.1) is 30.0 Å². The molecule has 0 radical (unpaired) electrons. The second-order valence-corrected chi connectivity index (χ2v) is 3.88. The van der Waals surface area contributed by atoms with Gasteiger partial charge >= 0.3 is 0 Å². The Morgan fingerprint density at radius 1 is 1.47 bits per heavy atom. The lowest BCUT2D eigenvalue weighted by atomic mass is 10.2. The lowest BCUT2D eigenvalue weighted by molar-refractivity contribution is -0.383. The highest BCUT2D eigenvalue weighted by Gasteiger charge is 2.12. The van der Waals surface area contributed by atoms with Crippen LogP contribution in [0.5, 0.6) is 0 Å². The van der Waals surface area contributed by atoms with Gasteiger partial charge in [-0.2, -0.15) is 5.10 Å². The summed E-state index contributed by atoms with van der Waals surface area (Å²) in [5.41, 5.74) is 1.18. The molecular weight excluding hydrogens is 248 g/mol. The summed E-state index contributed by atoms with van der Waals surface area (Å²) in [5.74, 6) is 0. The van der Waals surface area contributed by atoms with Crippen LogP contribution in [0.1, 0.15) is 0 Å². The highest BCUT2D eigenvalue weighted by molar-refractivity contribution is 5.68. The topological polar surface area (TPSA) is 82.2 Å². The first-order valence-corrected chi connectivity index (χ1v) is 5.72. The van der Waals surface area contributed by atoms with E-state index in [1.807, 2.05) is 0 Å². The normalized spacial score (nSPS) is 10.4. The lowest BCUT2D eigenvalue weighted by Gasteiger charge is -2.03. The number of para-hydroxylation sites is 2. The first kappa shape index (κ1) is 13.0. The fourth-order valence-electron chi connectivity index (χ4n) is 1.63. The van der Waals surface area contributed by atoms with E-state index in [0.29, 0.717) is 24.5 Å². The fraction of sp³-hybridized carbons (Fsp3) is 0.250. The maximum absolute atomic E-state index is 10.9. The number of ether oxygens (including phenoxy) is 1. The van der Waals surface area contributed by atoms with Gasteiger partial charge in [-0.3, -0.25) is 14.8 Å². The molecule has 0 unspecified atom stereocenters. The maximum atomic E-state index is 10.9. The van der Waals surface area contributed by atoms with Crippen LogP contribution in [0.15, 0.2) is 36.7 Å². The van der Waals surface area contributed by atoms with E-state index >= 15 is 0 Å². The number of nitro benzene ring substituents is 1. The summed E-state index contributed by atoms with van der Waals surface area (Å²) in [6, 6.07) is 6.48. The number of methoxy groups -OCH3 is 1. The molecule has 2 rings (SSSR count). The van der Waals surface area contributed by atoms with Crippen LogP contribution < -0.4 is 5.32 Å². The molecule has 7 heteroatoms. The Kier molecular flexibility index (Phi) is 4.09. The standard InChI is InChI=1S/C12H14N4O3/c1-19-7-6-15-9-10(8-13-15)14-11-4-2-3-5-12(11)16(17)18/h2-5,8-9,14H,6-7H2,1H3. The van der Waals surface area contributed by atoms with Gasteiger partial charge in [-0.05, 0) is 6.07 Å². The Bertz CT molecular complexity index is 568. The maximum Gasteiger partial charge on any atom is 0.292 e. The molecule has 1 aromatic heterocycles. The van der Waals surface area contributed by atoms with Crippen LogP contribution in [0, 0.1) is 10.1 Å². The summed E-state index contributed by atoms with van der Waals surface area (Å²) < 4.78 is 6.66. The van der Waals surface area contributed by atoms with E-state index in [4.69, 9.17) is 4.74 Å². The molecule has 0 saturated heterocycles. The quantitative estimate of drug-likeness (QED) is 0.637. The first-order chi connectivity index (χ1) is 9.20. The zero-order valence-corrected chi connectivity index (χ0v) is 10.4. The molecule has 100 valence electrons. The SMILES string of the molecule is COCCn1cc(Nc2ccccc2[N+](=O)[O-])cn1. The Labute approximate surface area is 110 Å². The minimum Gasteiger partial charge on any atom is -0.383 e. The van der Waals surface area contributed by atoms with Crippen LogP contribution in [-0.2, 0) is 11.3 Å². The van der Waals surface area contributed by atoms with Gasteiger partial charge in [-0.25, -0.2) is 0 Å². The molecule has 0 spiro atoms. The van der Waals surface area contributed by atoms with Gasteiger partial charge in [-0.15, -0.1) is 0 Å². The van der Waals surface area contributed by atoms with Crippen LogP contribution >= 0.6 is 0 Å². The van der Waals surface area contributed by atoms with Gasteiger partial charge < -0.3 is 10.1 Å². The molecule has 0 amide bonds. The number of nitrogens with zero attached hydrogens (tertiary/aromatic N) is 3. The van der Waals surface area contributed by atoms with E-state index in [9.17, 15) is 10.1 Å². The van der Waals surface area contributed by atoms with Gasteiger partial charge in [0.1, 0.15) is 5.69 Å². The largest absolute Gasteiger partial charge is 0.383 e. The predicted molar refractivity (Wildman–Crippen MR) is 70.5 cm³/mol. The minimum atomic E-state index is -0.419. The third-order valence-corrected chi connectivity index (χ3v) is 2.54. The van der Waals surface area contributed by atoms with Crippen LogP contribution in [0.2, 0.25) is 0 Å². The average molecular weight is 262 g/mol. The Balaban J connectivity index is 2.13. The number of hydrogen-bond donors (Lipinski definition) is 1. The van der Waals surface area contributed by atoms with Crippen molar-refractivity contribution in [2.75, 3.05) is 19.0 Å². The van der Waals surface area contributed by atoms with Crippen LogP contribution in [-0.4, -0.2) is 28.4 Å². The number of aromatic nitrogens is 2. The number of anilines is 2. The summed E-state index contributed by atoms with van der Waals surface area (Å²) in [6.07, 6.45) is 3.39. The summed E-state index contributed by atoms with van der Waals surface area (Å²) in [7, 11) is 1.62. The molecule has 0 saturated carbocycles. The predicted octanol–water partition coefficient (Wildman–Crippen LogP) is 2.18. The Hall–Kier alpha value is -2.41. The van der Waals surface area contributed by atoms with E-state index in [2.05, 4.69) is 10.4 Å². The van der Waals surface area contributed by atoms with Crippen LogP contribution in [0.4, 0.5) is 17.1 Å². The molecule has 0 fully saturated rings. The van der Waals surface area contributed by atoms with Crippen LogP contribution in [0.3, 0.4) is 0 Å². The number of nitro groups is 1. The molecule has 19 heavy (non-hydrogen) atoms. The molecule has 2 aromatic rings. The molecule has 1 aromatic carbocycles. The molecule has 0 aliphatic rings. The van der Waals surface area contributed by atoms with Gasteiger partial charge in [0.2, 0.25) is 0 Å². The zero-order valence-electron chi connectivity index (χ0n) is 10.4. The molecule has 7 nitrogen and oxygen atoms in total. The van der Waals surface area contributed by atoms with Crippen molar-refractivity contribution in [1.82, 2.24) is 9.78 Å². The second-order valence-electron chi connectivity index (χ2n) is 3.88. The number of benzene rings is 1.